The summed E-state index contributed by atoms with van der Waals surface area (Å²) in [5.41, 5.74) is 5.73. The Morgan fingerprint density at radius 2 is 1.29 bits per heavy atom. The summed E-state index contributed by atoms with van der Waals surface area (Å²) in [5.74, 6) is -7.92. The Morgan fingerprint density at radius 1 is 0.824 bits per heavy atom. The second-order valence-corrected chi connectivity index (χ2v) is 10.4. The smallest absolute Gasteiger partial charge is 0.321 e. The molecule has 0 aliphatic carbocycles. The van der Waals surface area contributed by atoms with Gasteiger partial charge in [-0.05, 0) is 12.1 Å². The molecule has 21 nitrogen and oxygen atoms in total. The molecule has 278 valence electrons. The highest BCUT2D eigenvalue weighted by Gasteiger charge is 2.61. The second kappa shape index (κ2) is 15.4. The minimum Gasteiger partial charge on any atom is -0.412 e. The molecular weight excluding hydrogens is 698 g/mol. The number of nitrogens with one attached hydrogen (secondary N) is 1. The summed E-state index contributed by atoms with van der Waals surface area (Å²) >= 11 is 0. The Kier molecular flexibility index (Phi) is 12.2. The molecule has 4 aromatic heterocycles. The van der Waals surface area contributed by atoms with Gasteiger partial charge in [0.25, 0.3) is 5.91 Å². The average molecular weight is 732 g/mol. The lowest BCUT2D eigenvalue weighted by molar-refractivity contribution is -0.142. The number of nitrogen functional groups attached to an aromatic ring is 1. The lowest BCUT2D eigenvalue weighted by Gasteiger charge is -2.19. The standard InChI is InChI=1S/C16H14F2N6O4.C9H10F2N6O3.CH4.H3N.H2O/c17-16(18)11(26)9(6-25)28-15(16)24-13-10(22-23-24)12(19-7-20-13)21-14(27)8-4-2-1-3-5-8;10-9(11)5(19)3(1-18)20-8(9)17-7-4(15-16-17)6(12)13-2-14-7;;;/h1-5,7,9,11,15,25-26H,6H2,(H,19,20,21,27);2-3,5,8,18-19H,1H2,(H2,12,13,14);1H4;1H3;1H2/t9-,11-,15-;3-,5-,8-;;;/m11.../s1. The van der Waals surface area contributed by atoms with E-state index in [1.54, 1.807) is 30.3 Å². The van der Waals surface area contributed by atoms with Gasteiger partial charge in [0.2, 0.25) is 12.5 Å². The van der Waals surface area contributed by atoms with Gasteiger partial charge in [0.15, 0.2) is 46.2 Å². The number of halogens is 4. The molecule has 2 aliphatic heterocycles. The number of amides is 1. The van der Waals surface area contributed by atoms with Crippen molar-refractivity contribution < 1.29 is 57.7 Å². The summed E-state index contributed by atoms with van der Waals surface area (Å²) < 4.78 is 68.1. The summed E-state index contributed by atoms with van der Waals surface area (Å²) in [7, 11) is 0. The van der Waals surface area contributed by atoms with Crippen molar-refractivity contribution in [1.82, 2.24) is 56.1 Å². The van der Waals surface area contributed by atoms with Crippen LogP contribution in [0.25, 0.3) is 22.3 Å². The predicted molar refractivity (Wildman–Crippen MR) is 164 cm³/mol. The molecule has 2 aliphatic rings. The lowest BCUT2D eigenvalue weighted by atomic mass is 10.1. The van der Waals surface area contributed by atoms with E-state index in [1.807, 2.05) is 0 Å². The van der Waals surface area contributed by atoms with Crippen molar-refractivity contribution in [3.8, 4) is 0 Å². The van der Waals surface area contributed by atoms with Crippen LogP contribution in [0.3, 0.4) is 0 Å². The quantitative estimate of drug-likeness (QED) is 0.103. The van der Waals surface area contributed by atoms with Crippen LogP contribution in [0.15, 0.2) is 43.0 Å². The predicted octanol–water partition coefficient (Wildman–Crippen LogP) is -0.978. The van der Waals surface area contributed by atoms with Gasteiger partial charge >= 0.3 is 11.8 Å². The second-order valence-electron chi connectivity index (χ2n) is 10.4. The normalized spacial score (nSPS) is 24.5. The molecule has 7 rings (SSSR count). The Balaban J connectivity index is 0.000000273. The Morgan fingerprint density at radius 3 is 1.78 bits per heavy atom. The molecule has 25 heteroatoms. The fourth-order valence-corrected chi connectivity index (χ4v) is 4.90. The SMILES string of the molecule is C.N.Nc1ncnc2c1nnn2[C@@H]1O[C@H](CO)[C@@H](O)C1(F)F.O.O=C(Nc1ncnc2c1nnn2[C@@H]1O[C@H](CO)[C@@H](O)C1(F)F)c1ccccc1. The minimum atomic E-state index is -3.74. The van der Waals surface area contributed by atoms with Crippen LogP contribution in [0.1, 0.15) is 30.2 Å². The fourth-order valence-electron chi connectivity index (χ4n) is 4.90. The van der Waals surface area contributed by atoms with Crippen LogP contribution in [-0.2, 0) is 9.47 Å². The van der Waals surface area contributed by atoms with E-state index in [0.717, 1.165) is 12.7 Å². The first-order valence-corrected chi connectivity index (χ1v) is 13.8. The Hall–Kier alpha value is -5.15. The third kappa shape index (κ3) is 6.95. The third-order valence-electron chi connectivity index (χ3n) is 7.38. The number of carbonyl (C=O) groups excluding carboxylic acids is 1. The van der Waals surface area contributed by atoms with Crippen LogP contribution < -0.4 is 17.2 Å². The number of hydrogen-bond donors (Lipinski definition) is 7. The summed E-state index contributed by atoms with van der Waals surface area (Å²) in [5, 5.41) is 54.2. The maximum absolute atomic E-state index is 14.4. The molecule has 1 aromatic carbocycles. The van der Waals surface area contributed by atoms with Crippen LogP contribution >= 0.6 is 0 Å². The molecule has 1 amide bonds. The number of alkyl halides is 4. The summed E-state index contributed by atoms with van der Waals surface area (Å²) in [6.45, 7) is -1.55. The molecule has 2 fully saturated rings. The van der Waals surface area contributed by atoms with E-state index in [-0.39, 0.29) is 53.0 Å². The van der Waals surface area contributed by atoms with E-state index in [1.165, 1.54) is 0 Å². The molecule has 6 atom stereocenters. The van der Waals surface area contributed by atoms with E-state index in [9.17, 15) is 32.6 Å². The zero-order valence-electron chi connectivity index (χ0n) is 25.2. The van der Waals surface area contributed by atoms with Crippen molar-refractivity contribution in [1.29, 1.82) is 0 Å². The number of aliphatic hydroxyl groups is 4. The van der Waals surface area contributed by atoms with Gasteiger partial charge in [-0.2, -0.15) is 26.9 Å². The molecule has 5 aromatic rings. The highest BCUT2D eigenvalue weighted by Crippen LogP contribution is 2.44. The highest BCUT2D eigenvalue weighted by atomic mass is 19.3. The van der Waals surface area contributed by atoms with Crippen LogP contribution in [0.2, 0.25) is 0 Å². The van der Waals surface area contributed by atoms with E-state index in [2.05, 4.69) is 45.9 Å². The van der Waals surface area contributed by atoms with Crippen LogP contribution in [-0.4, -0.2) is 131 Å². The Labute approximate surface area is 282 Å². The van der Waals surface area contributed by atoms with Gasteiger partial charge in [0, 0.05) is 5.56 Å². The maximum Gasteiger partial charge on any atom is 0.321 e. The van der Waals surface area contributed by atoms with E-state index in [4.69, 9.17) is 25.4 Å². The first-order valence-electron chi connectivity index (χ1n) is 13.8. The van der Waals surface area contributed by atoms with Crippen LogP contribution in [0, 0.1) is 0 Å². The lowest BCUT2D eigenvalue weighted by Crippen LogP contribution is -2.39. The number of carbonyl (C=O) groups is 1. The number of benzene rings is 1. The number of nitrogens with zero attached hydrogens (tertiary/aromatic N) is 10. The van der Waals surface area contributed by atoms with Crippen molar-refractivity contribution >= 4 is 39.9 Å². The van der Waals surface area contributed by atoms with Gasteiger partial charge in [-0.1, -0.05) is 36.1 Å². The number of aromatic nitrogens is 10. The largest absolute Gasteiger partial charge is 0.412 e. The van der Waals surface area contributed by atoms with Gasteiger partial charge in [-0.3, -0.25) is 4.79 Å². The zero-order valence-corrected chi connectivity index (χ0v) is 25.2. The fraction of sp³-hybridized carbons (Fsp3) is 0.423. The van der Waals surface area contributed by atoms with Crippen molar-refractivity contribution in [2.75, 3.05) is 24.3 Å². The molecule has 2 saturated heterocycles. The zero-order chi connectivity index (χ0) is 34.4. The van der Waals surface area contributed by atoms with Crippen molar-refractivity contribution in [3.63, 3.8) is 0 Å². The topological polar surface area (TPSA) is 334 Å². The van der Waals surface area contributed by atoms with E-state index >= 15 is 0 Å². The number of hydrogen-bond acceptors (Lipinski definition) is 17. The minimum absolute atomic E-state index is 0. The molecule has 12 N–H and O–H groups in total. The molecule has 0 saturated carbocycles. The van der Waals surface area contributed by atoms with Crippen LogP contribution in [0.5, 0.6) is 0 Å². The van der Waals surface area contributed by atoms with Crippen molar-refractivity contribution in [2.24, 2.45) is 0 Å². The maximum atomic E-state index is 14.4. The highest BCUT2D eigenvalue weighted by molar-refractivity contribution is 6.06. The monoisotopic (exact) mass is 731 g/mol. The molecule has 51 heavy (non-hydrogen) atoms. The number of rotatable bonds is 6. The van der Waals surface area contributed by atoms with E-state index in [0.29, 0.717) is 14.9 Å². The molecule has 0 spiro atoms. The average Bonchev–Trinajstić information content (AvgIpc) is 3.81. The molecule has 0 unspecified atom stereocenters. The molecular formula is C26H33F4N13O8. The van der Waals surface area contributed by atoms with Gasteiger partial charge in [-0.25, -0.2) is 19.9 Å². The Bertz CT molecular complexity index is 1940. The van der Waals surface area contributed by atoms with Crippen LogP contribution in [0.4, 0.5) is 29.2 Å². The van der Waals surface area contributed by atoms with Gasteiger partial charge in [0.05, 0.1) is 13.2 Å². The number of ether oxygens (including phenoxy) is 2. The first-order chi connectivity index (χ1) is 22.9. The van der Waals surface area contributed by atoms with Gasteiger partial charge in [-0.15, -0.1) is 10.2 Å². The summed E-state index contributed by atoms with van der Waals surface area (Å²) in [6, 6.07) is 8.30. The van der Waals surface area contributed by atoms with Crippen molar-refractivity contribution in [2.45, 2.75) is 56.1 Å². The number of aliphatic hydroxyl groups excluding tert-OH is 4. The van der Waals surface area contributed by atoms with Gasteiger partial charge < -0.3 is 52.6 Å². The number of fused-ring (bicyclic) bond motifs is 2. The summed E-state index contributed by atoms with van der Waals surface area (Å²) in [4.78, 5) is 27.6. The number of nitrogens with two attached hydrogens (primary N) is 1. The van der Waals surface area contributed by atoms with E-state index < -0.39 is 67.8 Å². The molecule has 0 bridgehead atoms. The number of anilines is 2. The first kappa shape index (κ1) is 40.3. The van der Waals surface area contributed by atoms with Gasteiger partial charge in [0.1, 0.15) is 24.9 Å². The molecule has 6 heterocycles. The third-order valence-corrected chi connectivity index (χ3v) is 7.38. The summed E-state index contributed by atoms with van der Waals surface area (Å²) in [6.07, 6.45) is -9.13. The van der Waals surface area contributed by atoms with Crippen molar-refractivity contribution in [3.05, 3.63) is 48.5 Å². The molecule has 0 radical (unpaired) electrons.